The molecule has 1 N–H and O–H groups in total. The Balaban J connectivity index is 2.41. The molecule has 0 radical (unpaired) electrons. The molecule has 6 nitrogen and oxygen atoms in total. The number of rotatable bonds is 5. The van der Waals surface area contributed by atoms with Crippen LogP contribution in [0.15, 0.2) is 40.1 Å². The molecule has 0 atom stereocenters. The maximum atomic E-state index is 12.4. The van der Waals surface area contributed by atoms with Crippen molar-refractivity contribution in [3.05, 3.63) is 40.2 Å². The first-order valence-electron chi connectivity index (χ1n) is 5.84. The van der Waals surface area contributed by atoms with Crippen LogP contribution in [-0.2, 0) is 10.0 Å². The molecule has 0 saturated heterocycles. The van der Waals surface area contributed by atoms with Crippen molar-refractivity contribution >= 4 is 43.2 Å². The zero-order valence-corrected chi connectivity index (χ0v) is 14.0. The molecule has 21 heavy (non-hydrogen) atoms. The van der Waals surface area contributed by atoms with Gasteiger partial charge in [-0.1, -0.05) is 11.6 Å². The molecule has 2 heterocycles. The number of aromatic nitrogens is 2. The highest BCUT2D eigenvalue weighted by atomic mass is 79.9. The fourth-order valence-electron chi connectivity index (χ4n) is 1.52. The van der Waals surface area contributed by atoms with Crippen LogP contribution in [0.25, 0.3) is 0 Å². The van der Waals surface area contributed by atoms with E-state index < -0.39 is 10.0 Å². The number of hydrogen-bond acceptors (Lipinski definition) is 5. The van der Waals surface area contributed by atoms with E-state index in [0.717, 1.165) is 0 Å². The van der Waals surface area contributed by atoms with Gasteiger partial charge in [-0.3, -0.25) is 9.71 Å². The Morgan fingerprint density at radius 1 is 1.33 bits per heavy atom. The van der Waals surface area contributed by atoms with Crippen LogP contribution in [0, 0.1) is 0 Å². The topological polar surface area (TPSA) is 81.2 Å². The van der Waals surface area contributed by atoms with Crippen molar-refractivity contribution in [1.82, 2.24) is 9.97 Å². The van der Waals surface area contributed by atoms with Gasteiger partial charge in [0.2, 0.25) is 5.88 Å². The van der Waals surface area contributed by atoms with Crippen LogP contribution < -0.4 is 9.46 Å². The second-order valence-electron chi connectivity index (χ2n) is 3.89. The minimum Gasteiger partial charge on any atom is -0.477 e. The fraction of sp³-hybridized carbons (Fsp3) is 0.167. The Labute approximate surface area is 135 Å². The second-order valence-corrected chi connectivity index (χ2v) is 6.89. The summed E-state index contributed by atoms with van der Waals surface area (Å²) >= 11 is 8.98. The number of hydrogen-bond donors (Lipinski definition) is 1. The molecule has 0 fully saturated rings. The summed E-state index contributed by atoms with van der Waals surface area (Å²) in [4.78, 5) is 7.72. The number of nitrogens with one attached hydrogen (secondary N) is 1. The quantitative estimate of drug-likeness (QED) is 0.845. The number of nitrogens with zero attached hydrogens (tertiary/aromatic N) is 2. The van der Waals surface area contributed by atoms with E-state index in [1.54, 1.807) is 6.92 Å². The van der Waals surface area contributed by atoms with Gasteiger partial charge in [0.15, 0.2) is 4.90 Å². The number of halogens is 2. The third kappa shape index (κ3) is 4.05. The zero-order chi connectivity index (χ0) is 15.5. The lowest BCUT2D eigenvalue weighted by Gasteiger charge is -2.12. The Bertz CT molecular complexity index is 755. The molecule has 0 unspecified atom stereocenters. The average molecular weight is 393 g/mol. The van der Waals surface area contributed by atoms with E-state index in [9.17, 15) is 8.42 Å². The first kappa shape index (κ1) is 16.0. The van der Waals surface area contributed by atoms with E-state index in [2.05, 4.69) is 30.6 Å². The standard InChI is InChI=1S/C12H11BrClN3O3S/c1-2-20-12-11(3-8(13)5-16-12)21(18,19)17-10-4-9(14)6-15-7-10/h3-7,17H,2H2,1H3. The molecule has 2 rings (SSSR count). The molecule has 0 spiro atoms. The van der Waals surface area contributed by atoms with Crippen molar-refractivity contribution in [3.63, 3.8) is 0 Å². The van der Waals surface area contributed by atoms with Gasteiger partial charge >= 0.3 is 0 Å². The van der Waals surface area contributed by atoms with E-state index in [4.69, 9.17) is 16.3 Å². The Morgan fingerprint density at radius 3 is 2.76 bits per heavy atom. The van der Waals surface area contributed by atoms with Gasteiger partial charge in [-0.25, -0.2) is 13.4 Å². The highest BCUT2D eigenvalue weighted by molar-refractivity contribution is 9.10. The predicted molar refractivity (Wildman–Crippen MR) is 83.2 cm³/mol. The highest BCUT2D eigenvalue weighted by Gasteiger charge is 2.22. The molecular weight excluding hydrogens is 382 g/mol. The Kier molecular flexibility index (Phi) is 5.02. The molecule has 0 aliphatic carbocycles. The lowest BCUT2D eigenvalue weighted by molar-refractivity contribution is 0.317. The summed E-state index contributed by atoms with van der Waals surface area (Å²) in [6.45, 7) is 2.05. The molecule has 0 aliphatic heterocycles. The Morgan fingerprint density at radius 2 is 2.10 bits per heavy atom. The van der Waals surface area contributed by atoms with Crippen LogP contribution in [-0.4, -0.2) is 25.0 Å². The third-order valence-corrected chi connectivity index (χ3v) is 4.33. The van der Waals surface area contributed by atoms with E-state index in [0.29, 0.717) is 16.1 Å². The van der Waals surface area contributed by atoms with E-state index >= 15 is 0 Å². The minimum atomic E-state index is -3.87. The van der Waals surface area contributed by atoms with Crippen LogP contribution in [0.1, 0.15) is 6.92 Å². The lowest BCUT2D eigenvalue weighted by atomic mass is 10.4. The summed E-state index contributed by atoms with van der Waals surface area (Å²) < 4.78 is 33.0. The van der Waals surface area contributed by atoms with Crippen molar-refractivity contribution in [1.29, 1.82) is 0 Å². The van der Waals surface area contributed by atoms with Crippen LogP contribution >= 0.6 is 27.5 Å². The minimum absolute atomic E-state index is 0.0307. The van der Waals surface area contributed by atoms with Gasteiger partial charge in [0.25, 0.3) is 10.0 Å². The summed E-state index contributed by atoms with van der Waals surface area (Å²) in [5, 5.41) is 0.326. The van der Waals surface area contributed by atoms with E-state index in [1.807, 2.05) is 0 Å². The van der Waals surface area contributed by atoms with Gasteiger partial charge < -0.3 is 4.74 Å². The summed E-state index contributed by atoms with van der Waals surface area (Å²) in [5.41, 5.74) is 0.255. The van der Waals surface area contributed by atoms with Crippen LogP contribution in [0.2, 0.25) is 5.02 Å². The van der Waals surface area contributed by atoms with Crippen molar-refractivity contribution in [3.8, 4) is 5.88 Å². The number of sulfonamides is 1. The van der Waals surface area contributed by atoms with Gasteiger partial charge in [0, 0.05) is 16.9 Å². The summed E-state index contributed by atoms with van der Waals surface area (Å²) in [6.07, 6.45) is 4.23. The molecular formula is C12H11BrClN3O3S. The van der Waals surface area contributed by atoms with E-state index in [1.165, 1.54) is 30.7 Å². The summed E-state index contributed by atoms with van der Waals surface area (Å²) in [5.74, 6) is 0.0307. The molecule has 0 saturated carbocycles. The van der Waals surface area contributed by atoms with Gasteiger partial charge in [-0.15, -0.1) is 0 Å². The third-order valence-electron chi connectivity index (χ3n) is 2.31. The summed E-state index contributed by atoms with van der Waals surface area (Å²) in [6, 6.07) is 2.87. The Hall–Kier alpha value is -1.38. The smallest absolute Gasteiger partial charge is 0.267 e. The summed E-state index contributed by atoms with van der Waals surface area (Å²) in [7, 11) is -3.87. The number of ether oxygens (including phenoxy) is 1. The first-order chi connectivity index (χ1) is 9.92. The predicted octanol–water partition coefficient (Wildman–Crippen LogP) is 3.09. The van der Waals surface area contributed by atoms with Crippen molar-refractivity contribution < 1.29 is 13.2 Å². The van der Waals surface area contributed by atoms with Gasteiger partial charge in [-0.2, -0.15) is 0 Å². The average Bonchev–Trinajstić information content (AvgIpc) is 2.40. The maximum Gasteiger partial charge on any atom is 0.267 e. The molecule has 0 aliphatic rings. The van der Waals surface area contributed by atoms with Crippen molar-refractivity contribution in [2.45, 2.75) is 11.8 Å². The van der Waals surface area contributed by atoms with Crippen LogP contribution in [0.3, 0.4) is 0 Å². The molecule has 0 bridgehead atoms. The SMILES string of the molecule is CCOc1ncc(Br)cc1S(=O)(=O)Nc1cncc(Cl)c1. The molecule has 9 heteroatoms. The lowest BCUT2D eigenvalue weighted by Crippen LogP contribution is -2.15. The maximum absolute atomic E-state index is 12.4. The van der Waals surface area contributed by atoms with Crippen molar-refractivity contribution in [2.24, 2.45) is 0 Å². The zero-order valence-electron chi connectivity index (χ0n) is 10.9. The molecule has 112 valence electrons. The highest BCUT2D eigenvalue weighted by Crippen LogP contribution is 2.27. The van der Waals surface area contributed by atoms with Gasteiger partial charge in [0.1, 0.15) is 0 Å². The van der Waals surface area contributed by atoms with Gasteiger partial charge in [0.05, 0.1) is 23.5 Å². The number of anilines is 1. The van der Waals surface area contributed by atoms with Crippen molar-refractivity contribution in [2.75, 3.05) is 11.3 Å². The largest absolute Gasteiger partial charge is 0.477 e. The molecule has 2 aromatic rings. The second kappa shape index (κ2) is 6.59. The van der Waals surface area contributed by atoms with Crippen LogP contribution in [0.5, 0.6) is 5.88 Å². The molecule has 2 aromatic heterocycles. The monoisotopic (exact) mass is 391 g/mol. The number of pyridine rings is 2. The normalized spacial score (nSPS) is 11.2. The molecule has 0 amide bonds. The first-order valence-corrected chi connectivity index (χ1v) is 8.49. The molecule has 0 aromatic carbocycles. The van der Waals surface area contributed by atoms with Gasteiger partial charge in [-0.05, 0) is 35.0 Å². The fourth-order valence-corrected chi connectivity index (χ4v) is 3.34. The van der Waals surface area contributed by atoms with E-state index in [-0.39, 0.29) is 16.5 Å². The van der Waals surface area contributed by atoms with Crippen LogP contribution in [0.4, 0.5) is 5.69 Å².